The van der Waals surface area contributed by atoms with E-state index < -0.39 is 0 Å². The minimum atomic E-state index is -0.150. The summed E-state index contributed by atoms with van der Waals surface area (Å²) in [5.74, 6) is 0.848. The second-order valence-corrected chi connectivity index (χ2v) is 7.54. The number of anilines is 2. The molecule has 0 spiro atoms. The van der Waals surface area contributed by atoms with Gasteiger partial charge in [0.25, 0.3) is 11.8 Å². The molecule has 1 aliphatic rings. The third-order valence-corrected chi connectivity index (χ3v) is 5.48. The highest BCUT2D eigenvalue weighted by Gasteiger charge is 2.27. The van der Waals surface area contributed by atoms with E-state index in [1.807, 2.05) is 31.2 Å². The highest BCUT2D eigenvalue weighted by atomic mass is 32.1. The first kappa shape index (κ1) is 20.0. The van der Waals surface area contributed by atoms with Crippen molar-refractivity contribution in [1.82, 2.24) is 14.8 Å². The van der Waals surface area contributed by atoms with Gasteiger partial charge in [-0.15, -0.1) is 11.3 Å². The number of nitrogens with zero attached hydrogens (tertiary/aromatic N) is 3. The minimum Gasteiger partial charge on any atom is -0.494 e. The minimum absolute atomic E-state index is 0.129. The molecule has 0 aliphatic carbocycles. The maximum Gasteiger partial charge on any atom is 0.289 e. The van der Waals surface area contributed by atoms with E-state index in [-0.39, 0.29) is 11.8 Å². The molecule has 1 aliphatic heterocycles. The maximum absolute atomic E-state index is 12.8. The summed E-state index contributed by atoms with van der Waals surface area (Å²) in [5.41, 5.74) is 1.27. The molecule has 1 aromatic carbocycles. The van der Waals surface area contributed by atoms with Gasteiger partial charge in [0.1, 0.15) is 11.4 Å². The molecule has 4 rings (SSSR count). The van der Waals surface area contributed by atoms with Crippen LogP contribution in [0.3, 0.4) is 0 Å². The first-order valence-corrected chi connectivity index (χ1v) is 10.6. The van der Waals surface area contributed by atoms with Gasteiger partial charge in [0.05, 0.1) is 12.9 Å². The van der Waals surface area contributed by atoms with Crippen molar-refractivity contribution < 1.29 is 18.7 Å². The summed E-state index contributed by atoms with van der Waals surface area (Å²) in [4.78, 5) is 33.0. The molecule has 2 aromatic heterocycles. The zero-order chi connectivity index (χ0) is 20.9. The van der Waals surface area contributed by atoms with Gasteiger partial charge in [0.2, 0.25) is 0 Å². The number of furan rings is 1. The summed E-state index contributed by atoms with van der Waals surface area (Å²) in [6.07, 6.45) is 1.48. The van der Waals surface area contributed by atoms with Crippen LogP contribution < -0.4 is 10.1 Å². The lowest BCUT2D eigenvalue weighted by molar-refractivity contribution is 0.0515. The van der Waals surface area contributed by atoms with Crippen LogP contribution in [0.5, 0.6) is 5.75 Å². The van der Waals surface area contributed by atoms with Crippen molar-refractivity contribution in [3.8, 4) is 5.75 Å². The number of carbonyl (C=O) groups excluding carboxylic acids is 2. The second kappa shape index (κ2) is 9.00. The van der Waals surface area contributed by atoms with E-state index in [1.54, 1.807) is 27.3 Å². The van der Waals surface area contributed by atoms with Crippen LogP contribution in [0.1, 0.15) is 28.0 Å². The van der Waals surface area contributed by atoms with Crippen LogP contribution >= 0.6 is 11.3 Å². The van der Waals surface area contributed by atoms with Crippen molar-refractivity contribution in [3.63, 3.8) is 0 Å². The van der Waals surface area contributed by atoms with Crippen molar-refractivity contribution >= 4 is 34.0 Å². The Labute approximate surface area is 178 Å². The van der Waals surface area contributed by atoms with Crippen LogP contribution in [-0.4, -0.2) is 59.4 Å². The molecule has 0 saturated carbocycles. The van der Waals surface area contributed by atoms with E-state index in [0.29, 0.717) is 49.4 Å². The number of hydrogen-bond donors (Lipinski definition) is 1. The number of benzene rings is 1. The van der Waals surface area contributed by atoms with Crippen molar-refractivity contribution in [1.29, 1.82) is 0 Å². The van der Waals surface area contributed by atoms with Crippen molar-refractivity contribution in [2.24, 2.45) is 0 Å². The summed E-state index contributed by atoms with van der Waals surface area (Å²) in [7, 11) is 0. The first-order valence-electron chi connectivity index (χ1n) is 9.71. The monoisotopic (exact) mass is 426 g/mol. The number of nitrogens with one attached hydrogen (secondary N) is 1. The van der Waals surface area contributed by atoms with Gasteiger partial charge in [-0.3, -0.25) is 9.59 Å². The van der Waals surface area contributed by atoms with Crippen molar-refractivity contribution in [2.45, 2.75) is 6.92 Å². The summed E-state index contributed by atoms with van der Waals surface area (Å²) < 4.78 is 10.6. The molecule has 2 amide bonds. The molecule has 1 N–H and O–H groups in total. The number of carbonyl (C=O) groups is 2. The lowest BCUT2D eigenvalue weighted by atomic mass is 10.2. The van der Waals surface area contributed by atoms with Crippen LogP contribution in [0.4, 0.5) is 10.8 Å². The lowest BCUT2D eigenvalue weighted by Crippen LogP contribution is -2.50. The molecule has 0 radical (unpaired) electrons. The van der Waals surface area contributed by atoms with Gasteiger partial charge in [-0.05, 0) is 43.3 Å². The zero-order valence-corrected chi connectivity index (χ0v) is 17.4. The Morgan fingerprint density at radius 3 is 2.43 bits per heavy atom. The molecule has 0 atom stereocenters. The predicted molar refractivity (Wildman–Crippen MR) is 114 cm³/mol. The highest BCUT2D eigenvalue weighted by Crippen LogP contribution is 2.24. The fourth-order valence-corrected chi connectivity index (χ4v) is 3.89. The quantitative estimate of drug-likeness (QED) is 0.649. The topological polar surface area (TPSA) is 87.9 Å². The Bertz CT molecular complexity index is 992. The highest BCUT2D eigenvalue weighted by molar-refractivity contribution is 7.14. The number of amides is 2. The largest absolute Gasteiger partial charge is 0.494 e. The standard InChI is InChI=1S/C21H22N4O4S/c1-2-28-16-7-5-15(6-8-16)22-21-23-17(14-30-21)19(26)24-9-11-25(12-10-24)20(27)18-4-3-13-29-18/h3-8,13-14H,2,9-12H2,1H3,(H,22,23). The van der Waals surface area contributed by atoms with Crippen LogP contribution in [0.15, 0.2) is 52.5 Å². The van der Waals surface area contributed by atoms with Crippen LogP contribution in [0.2, 0.25) is 0 Å². The average Bonchev–Trinajstić information content (AvgIpc) is 3.47. The Kier molecular flexibility index (Phi) is 5.99. The Morgan fingerprint density at radius 2 is 1.80 bits per heavy atom. The molecule has 1 saturated heterocycles. The summed E-state index contributed by atoms with van der Waals surface area (Å²) in [6.45, 7) is 4.42. The Hall–Kier alpha value is -3.33. The van der Waals surface area contributed by atoms with E-state index in [2.05, 4.69) is 10.3 Å². The molecular formula is C21H22N4O4S. The van der Waals surface area contributed by atoms with E-state index in [0.717, 1.165) is 11.4 Å². The average molecular weight is 426 g/mol. The number of thiazole rings is 1. The van der Waals surface area contributed by atoms with E-state index in [4.69, 9.17) is 9.15 Å². The molecule has 30 heavy (non-hydrogen) atoms. The van der Waals surface area contributed by atoms with E-state index in [1.165, 1.54) is 17.6 Å². The van der Waals surface area contributed by atoms with Gasteiger partial charge in [0.15, 0.2) is 10.9 Å². The number of hydrogen-bond acceptors (Lipinski definition) is 7. The van der Waals surface area contributed by atoms with E-state index in [9.17, 15) is 9.59 Å². The first-order chi connectivity index (χ1) is 14.6. The van der Waals surface area contributed by atoms with Crippen molar-refractivity contribution in [3.05, 3.63) is 59.5 Å². The molecule has 0 bridgehead atoms. The molecule has 8 nitrogen and oxygen atoms in total. The molecule has 156 valence electrons. The van der Waals surface area contributed by atoms with Gasteiger partial charge in [0, 0.05) is 37.2 Å². The third-order valence-electron chi connectivity index (χ3n) is 4.73. The number of rotatable bonds is 6. The predicted octanol–water partition coefficient (Wildman–Crippen LogP) is 3.48. The van der Waals surface area contributed by atoms with Gasteiger partial charge < -0.3 is 24.3 Å². The lowest BCUT2D eigenvalue weighted by Gasteiger charge is -2.33. The molecule has 0 unspecified atom stereocenters. The Morgan fingerprint density at radius 1 is 1.10 bits per heavy atom. The molecule has 3 aromatic rings. The molecular weight excluding hydrogens is 404 g/mol. The molecule has 1 fully saturated rings. The van der Waals surface area contributed by atoms with Crippen molar-refractivity contribution in [2.75, 3.05) is 38.1 Å². The molecule has 3 heterocycles. The van der Waals surface area contributed by atoms with Crippen LogP contribution in [0, 0.1) is 0 Å². The van der Waals surface area contributed by atoms with Gasteiger partial charge >= 0.3 is 0 Å². The van der Waals surface area contributed by atoms with Crippen LogP contribution in [0.25, 0.3) is 0 Å². The second-order valence-electron chi connectivity index (χ2n) is 6.68. The summed E-state index contributed by atoms with van der Waals surface area (Å²) in [6, 6.07) is 10.9. The normalized spacial score (nSPS) is 13.9. The van der Waals surface area contributed by atoms with Gasteiger partial charge in [-0.25, -0.2) is 4.98 Å². The fraction of sp³-hybridized carbons (Fsp3) is 0.286. The SMILES string of the molecule is CCOc1ccc(Nc2nc(C(=O)N3CCN(C(=O)c4ccco4)CC3)cs2)cc1. The third kappa shape index (κ3) is 4.46. The number of aromatic nitrogens is 1. The maximum atomic E-state index is 12.8. The van der Waals surface area contributed by atoms with Gasteiger partial charge in [-0.2, -0.15) is 0 Å². The van der Waals surface area contributed by atoms with Gasteiger partial charge in [-0.1, -0.05) is 0 Å². The summed E-state index contributed by atoms with van der Waals surface area (Å²) in [5, 5.41) is 5.60. The smallest absolute Gasteiger partial charge is 0.289 e. The molecule has 9 heteroatoms. The number of piperazine rings is 1. The summed E-state index contributed by atoms with van der Waals surface area (Å²) >= 11 is 1.38. The van der Waals surface area contributed by atoms with Crippen LogP contribution in [-0.2, 0) is 0 Å². The Balaban J connectivity index is 1.32. The number of ether oxygens (including phenoxy) is 1. The van der Waals surface area contributed by atoms with E-state index >= 15 is 0 Å². The zero-order valence-electron chi connectivity index (χ0n) is 16.5. The fourth-order valence-electron chi connectivity index (χ4n) is 3.18.